The Labute approximate surface area is 109 Å². The highest BCUT2D eigenvalue weighted by molar-refractivity contribution is 8.07. The first-order valence-corrected chi connectivity index (χ1v) is 8.70. The molecule has 0 aromatic carbocycles. The highest BCUT2D eigenvalue weighted by Gasteiger charge is 2.23. The van der Waals surface area contributed by atoms with Crippen LogP contribution in [0.25, 0.3) is 0 Å². The normalized spacial score (nSPS) is 23.0. The maximum absolute atomic E-state index is 12.1. The lowest BCUT2D eigenvalue weighted by Gasteiger charge is -2.22. The first-order valence-electron chi connectivity index (χ1n) is 6.50. The Hall–Kier alpha value is 0.370. The van der Waals surface area contributed by atoms with Crippen molar-refractivity contribution in [1.29, 1.82) is 0 Å². The van der Waals surface area contributed by atoms with Gasteiger partial charge in [-0.1, -0.05) is 39.5 Å². The van der Waals surface area contributed by atoms with E-state index < -0.39 is 0 Å². The molecule has 0 radical (unpaired) electrons. The number of unbranched alkanes of at least 4 members (excludes halogenated alkanes) is 1. The van der Waals surface area contributed by atoms with E-state index in [9.17, 15) is 4.79 Å². The van der Waals surface area contributed by atoms with E-state index in [0.29, 0.717) is 17.0 Å². The summed E-state index contributed by atoms with van der Waals surface area (Å²) in [5, 5.41) is 0.300. The summed E-state index contributed by atoms with van der Waals surface area (Å²) in [6.07, 6.45) is 5.76. The third-order valence-electron chi connectivity index (χ3n) is 3.21. The summed E-state index contributed by atoms with van der Waals surface area (Å²) in [6, 6.07) is 0. The fraction of sp³-hybridized carbons (Fsp3) is 0.923. The van der Waals surface area contributed by atoms with E-state index in [4.69, 9.17) is 0 Å². The highest BCUT2D eigenvalue weighted by atomic mass is 32.2. The van der Waals surface area contributed by atoms with Gasteiger partial charge < -0.3 is 0 Å². The summed E-state index contributed by atoms with van der Waals surface area (Å²) < 4.78 is 0. The smallest absolute Gasteiger partial charge is 0.146 e. The number of carbonyl (C=O) groups excluding carboxylic acids is 1. The Balaban J connectivity index is 2.29. The van der Waals surface area contributed by atoms with Gasteiger partial charge in [0, 0.05) is 23.7 Å². The molecule has 0 aliphatic carbocycles. The second kappa shape index (κ2) is 8.46. The van der Waals surface area contributed by atoms with Gasteiger partial charge in [-0.15, -0.1) is 11.8 Å². The van der Waals surface area contributed by atoms with Crippen molar-refractivity contribution in [1.82, 2.24) is 0 Å². The lowest BCUT2D eigenvalue weighted by molar-refractivity contribution is -0.119. The number of hydrogen-bond donors (Lipinski definition) is 0. The van der Waals surface area contributed by atoms with Crippen LogP contribution in [-0.2, 0) is 4.79 Å². The molecule has 16 heavy (non-hydrogen) atoms. The largest absolute Gasteiger partial charge is 0.298 e. The fourth-order valence-corrected chi connectivity index (χ4v) is 4.70. The topological polar surface area (TPSA) is 17.1 Å². The molecular formula is C13H24OS2. The van der Waals surface area contributed by atoms with Crippen LogP contribution in [0.1, 0.15) is 46.0 Å². The van der Waals surface area contributed by atoms with Crippen LogP contribution in [0.2, 0.25) is 0 Å². The SMILES string of the molecule is CCCCC(CC)CC(=O)C1CSCCS1. The van der Waals surface area contributed by atoms with Crippen molar-refractivity contribution < 1.29 is 4.79 Å². The van der Waals surface area contributed by atoms with Gasteiger partial charge in [0.2, 0.25) is 0 Å². The molecular weight excluding hydrogens is 236 g/mol. The molecule has 1 rings (SSSR count). The Morgan fingerprint density at radius 2 is 2.19 bits per heavy atom. The van der Waals surface area contributed by atoms with Gasteiger partial charge in [0.25, 0.3) is 0 Å². The zero-order valence-corrected chi connectivity index (χ0v) is 12.2. The maximum Gasteiger partial charge on any atom is 0.146 e. The van der Waals surface area contributed by atoms with Gasteiger partial charge in [-0.2, -0.15) is 11.8 Å². The zero-order valence-electron chi connectivity index (χ0n) is 10.5. The molecule has 2 atom stereocenters. The number of thioether (sulfide) groups is 2. The first-order chi connectivity index (χ1) is 7.77. The molecule has 0 spiro atoms. The van der Waals surface area contributed by atoms with Crippen molar-refractivity contribution in [2.24, 2.45) is 5.92 Å². The monoisotopic (exact) mass is 260 g/mol. The third kappa shape index (κ3) is 5.13. The van der Waals surface area contributed by atoms with Crippen LogP contribution in [0.5, 0.6) is 0 Å². The first kappa shape index (κ1) is 14.4. The summed E-state index contributed by atoms with van der Waals surface area (Å²) in [5.41, 5.74) is 0. The average Bonchev–Trinajstić information content (AvgIpc) is 2.35. The van der Waals surface area contributed by atoms with E-state index in [1.807, 2.05) is 23.5 Å². The van der Waals surface area contributed by atoms with Gasteiger partial charge in [-0.3, -0.25) is 4.79 Å². The average molecular weight is 260 g/mol. The summed E-state index contributed by atoms with van der Waals surface area (Å²) in [4.78, 5) is 12.1. The Kier molecular flexibility index (Phi) is 7.63. The molecule has 1 fully saturated rings. The molecule has 1 saturated heterocycles. The Bertz CT molecular complexity index is 200. The molecule has 1 nitrogen and oxygen atoms in total. The van der Waals surface area contributed by atoms with E-state index in [1.165, 1.54) is 25.0 Å². The van der Waals surface area contributed by atoms with Crippen LogP contribution in [0.15, 0.2) is 0 Å². The van der Waals surface area contributed by atoms with Crippen molar-refractivity contribution in [3.05, 3.63) is 0 Å². The molecule has 1 aliphatic heterocycles. The van der Waals surface area contributed by atoms with E-state index in [-0.39, 0.29) is 0 Å². The molecule has 0 amide bonds. The van der Waals surface area contributed by atoms with Gasteiger partial charge in [-0.25, -0.2) is 0 Å². The summed E-state index contributed by atoms with van der Waals surface area (Å²) in [6.45, 7) is 4.44. The van der Waals surface area contributed by atoms with Gasteiger partial charge in [0.05, 0.1) is 5.25 Å². The molecule has 0 bridgehead atoms. The van der Waals surface area contributed by atoms with E-state index in [2.05, 4.69) is 13.8 Å². The van der Waals surface area contributed by atoms with Crippen LogP contribution in [0.4, 0.5) is 0 Å². The number of carbonyl (C=O) groups is 1. The molecule has 0 aromatic rings. The van der Waals surface area contributed by atoms with Gasteiger partial charge in [0.1, 0.15) is 5.78 Å². The van der Waals surface area contributed by atoms with Crippen LogP contribution in [0.3, 0.4) is 0 Å². The molecule has 0 aromatic heterocycles. The lowest BCUT2D eigenvalue weighted by Crippen LogP contribution is -2.26. The second-order valence-electron chi connectivity index (χ2n) is 4.52. The number of ketones is 1. The summed E-state index contributed by atoms with van der Waals surface area (Å²) in [7, 11) is 0. The molecule has 0 saturated carbocycles. The van der Waals surface area contributed by atoms with Gasteiger partial charge >= 0.3 is 0 Å². The zero-order chi connectivity index (χ0) is 11.8. The quantitative estimate of drug-likeness (QED) is 0.688. The summed E-state index contributed by atoms with van der Waals surface area (Å²) in [5.74, 6) is 4.59. The number of rotatable bonds is 7. The maximum atomic E-state index is 12.1. The van der Waals surface area contributed by atoms with Crippen molar-refractivity contribution in [2.75, 3.05) is 17.3 Å². The van der Waals surface area contributed by atoms with Crippen LogP contribution in [-0.4, -0.2) is 28.3 Å². The minimum Gasteiger partial charge on any atom is -0.298 e. The molecule has 94 valence electrons. The Morgan fingerprint density at radius 1 is 1.38 bits per heavy atom. The van der Waals surface area contributed by atoms with Crippen molar-refractivity contribution in [3.63, 3.8) is 0 Å². The van der Waals surface area contributed by atoms with Crippen molar-refractivity contribution >= 4 is 29.3 Å². The minimum atomic E-state index is 0.300. The second-order valence-corrected chi connectivity index (χ2v) is 6.98. The number of Topliss-reactive ketones (excluding diaryl/α,β-unsaturated/α-hetero) is 1. The van der Waals surface area contributed by atoms with Crippen molar-refractivity contribution in [3.8, 4) is 0 Å². The van der Waals surface area contributed by atoms with Crippen molar-refractivity contribution in [2.45, 2.75) is 51.2 Å². The molecule has 0 N–H and O–H groups in total. The molecule has 2 unspecified atom stereocenters. The number of hydrogen-bond acceptors (Lipinski definition) is 3. The van der Waals surface area contributed by atoms with Gasteiger partial charge in [0.15, 0.2) is 0 Å². The highest BCUT2D eigenvalue weighted by Crippen LogP contribution is 2.28. The predicted molar refractivity (Wildman–Crippen MR) is 76.5 cm³/mol. The molecule has 1 aliphatic rings. The lowest BCUT2D eigenvalue weighted by atomic mass is 9.93. The summed E-state index contributed by atoms with van der Waals surface area (Å²) >= 11 is 3.82. The standard InChI is InChI=1S/C13H24OS2/c1-3-5-6-11(4-2)9-12(14)13-10-15-7-8-16-13/h11,13H,3-10H2,1-2H3. The van der Waals surface area contributed by atoms with Crippen LogP contribution >= 0.6 is 23.5 Å². The molecule has 3 heteroatoms. The van der Waals surface area contributed by atoms with Gasteiger partial charge in [-0.05, 0) is 5.92 Å². The third-order valence-corrected chi connectivity index (χ3v) is 6.01. The fourth-order valence-electron chi connectivity index (χ4n) is 2.03. The van der Waals surface area contributed by atoms with E-state index in [0.717, 1.165) is 24.3 Å². The van der Waals surface area contributed by atoms with E-state index in [1.54, 1.807) is 0 Å². The minimum absolute atomic E-state index is 0.300. The predicted octanol–water partition coefficient (Wildman–Crippen LogP) is 4.01. The van der Waals surface area contributed by atoms with Crippen LogP contribution < -0.4 is 0 Å². The molecule has 1 heterocycles. The van der Waals surface area contributed by atoms with E-state index >= 15 is 0 Å². The Morgan fingerprint density at radius 3 is 2.75 bits per heavy atom. The van der Waals surface area contributed by atoms with Crippen LogP contribution in [0, 0.1) is 5.92 Å².